The van der Waals surface area contributed by atoms with E-state index in [1.54, 1.807) is 0 Å². The number of benzene rings is 2. The monoisotopic (exact) mass is 332 g/mol. The van der Waals surface area contributed by atoms with Crippen LogP contribution in [0.25, 0.3) is 0 Å². The maximum Gasteiger partial charge on any atom is 0.128 e. The predicted octanol–water partition coefficient (Wildman–Crippen LogP) is 1.94. The van der Waals surface area contributed by atoms with Crippen LogP contribution >= 0.6 is 11.6 Å². The molecule has 122 valence electrons. The third-order valence-corrected chi connectivity index (χ3v) is 5.08. The summed E-state index contributed by atoms with van der Waals surface area (Å²) in [6.45, 7) is 2.38. The van der Waals surface area contributed by atoms with Gasteiger partial charge in [-0.25, -0.2) is 0 Å². The minimum Gasteiger partial charge on any atom is -0.385 e. The summed E-state index contributed by atoms with van der Waals surface area (Å²) in [5.41, 5.74) is 1.12. The molecule has 4 heteroatoms. The first-order valence-corrected chi connectivity index (χ1v) is 8.50. The van der Waals surface area contributed by atoms with Gasteiger partial charge in [-0.3, -0.25) is 0 Å². The van der Waals surface area contributed by atoms with Gasteiger partial charge >= 0.3 is 0 Å². The normalized spacial score (nSPS) is 26.0. The lowest BCUT2D eigenvalue weighted by molar-refractivity contribution is -0.911. The van der Waals surface area contributed by atoms with Crippen LogP contribution in [-0.4, -0.2) is 29.8 Å². The number of hydrogen-bond acceptors (Lipinski definition) is 2. The van der Waals surface area contributed by atoms with Crippen molar-refractivity contribution in [2.75, 3.05) is 19.6 Å². The van der Waals surface area contributed by atoms with Crippen LogP contribution in [0.3, 0.4) is 0 Å². The van der Waals surface area contributed by atoms with E-state index in [0.29, 0.717) is 24.4 Å². The van der Waals surface area contributed by atoms with Crippen molar-refractivity contribution in [2.45, 2.75) is 24.5 Å². The molecule has 0 unspecified atom stereocenters. The fraction of sp³-hybridized carbons (Fsp3) is 0.368. The molecule has 2 aromatic rings. The molecule has 1 saturated heterocycles. The van der Waals surface area contributed by atoms with Gasteiger partial charge in [0.25, 0.3) is 0 Å². The minimum absolute atomic E-state index is 0.451. The van der Waals surface area contributed by atoms with Gasteiger partial charge in [0.05, 0.1) is 13.1 Å². The van der Waals surface area contributed by atoms with E-state index in [1.807, 2.05) is 54.6 Å². The molecule has 0 spiro atoms. The highest BCUT2D eigenvalue weighted by molar-refractivity contribution is 6.30. The standard InChI is InChI=1S/C19H22ClNO2/c20-17-8-6-16(7-9-17)19(23)10-12-21(13-11-19)14-18(22)15-4-2-1-3-5-15/h1-9,18,22-23H,10-14H2/p+1/t18-/m0/s1. The number of quaternary nitrogens is 1. The van der Waals surface area contributed by atoms with Gasteiger partial charge in [0, 0.05) is 17.9 Å². The van der Waals surface area contributed by atoms with Crippen LogP contribution in [0.5, 0.6) is 0 Å². The second-order valence-corrected chi connectivity index (χ2v) is 6.86. The first-order chi connectivity index (χ1) is 11.1. The lowest BCUT2D eigenvalue weighted by Crippen LogP contribution is -3.14. The Hall–Kier alpha value is -1.39. The first kappa shape index (κ1) is 16.5. The van der Waals surface area contributed by atoms with E-state index in [4.69, 9.17) is 11.6 Å². The number of nitrogens with one attached hydrogen (secondary N) is 1. The lowest BCUT2D eigenvalue weighted by Gasteiger charge is -2.37. The van der Waals surface area contributed by atoms with Crippen molar-refractivity contribution in [1.29, 1.82) is 0 Å². The largest absolute Gasteiger partial charge is 0.385 e. The van der Waals surface area contributed by atoms with Crippen molar-refractivity contribution in [2.24, 2.45) is 0 Å². The third-order valence-electron chi connectivity index (χ3n) is 4.83. The summed E-state index contributed by atoms with van der Waals surface area (Å²) in [5, 5.41) is 21.9. The quantitative estimate of drug-likeness (QED) is 0.801. The SMILES string of the molecule is O[C@@H](C[NH+]1CCC(O)(c2ccc(Cl)cc2)CC1)c1ccccc1. The Morgan fingerprint density at radius 1 is 1.00 bits per heavy atom. The highest BCUT2D eigenvalue weighted by Gasteiger charge is 2.36. The summed E-state index contributed by atoms with van der Waals surface area (Å²) in [4.78, 5) is 1.33. The summed E-state index contributed by atoms with van der Waals surface area (Å²) in [7, 11) is 0. The Morgan fingerprint density at radius 2 is 1.61 bits per heavy atom. The smallest absolute Gasteiger partial charge is 0.128 e. The number of aliphatic hydroxyl groups excluding tert-OH is 1. The molecule has 0 amide bonds. The van der Waals surface area contributed by atoms with Crippen molar-refractivity contribution in [3.05, 3.63) is 70.7 Å². The highest BCUT2D eigenvalue weighted by atomic mass is 35.5. The van der Waals surface area contributed by atoms with E-state index in [-0.39, 0.29) is 0 Å². The molecule has 1 atom stereocenters. The molecule has 1 aliphatic heterocycles. The summed E-state index contributed by atoms with van der Waals surface area (Å²) in [6.07, 6.45) is 0.949. The maximum atomic E-state index is 10.9. The van der Waals surface area contributed by atoms with Crippen molar-refractivity contribution >= 4 is 11.6 Å². The molecule has 0 aliphatic carbocycles. The minimum atomic E-state index is -0.772. The van der Waals surface area contributed by atoms with Crippen LogP contribution in [0.4, 0.5) is 0 Å². The number of aliphatic hydroxyl groups is 2. The number of halogens is 1. The van der Waals surface area contributed by atoms with E-state index >= 15 is 0 Å². The topological polar surface area (TPSA) is 44.9 Å². The predicted molar refractivity (Wildman–Crippen MR) is 91.5 cm³/mol. The van der Waals surface area contributed by atoms with Crippen molar-refractivity contribution in [3.63, 3.8) is 0 Å². The fourth-order valence-corrected chi connectivity index (χ4v) is 3.46. The van der Waals surface area contributed by atoms with Gasteiger partial charge in [-0.1, -0.05) is 54.1 Å². The van der Waals surface area contributed by atoms with Crippen LogP contribution < -0.4 is 4.90 Å². The van der Waals surface area contributed by atoms with E-state index in [9.17, 15) is 10.2 Å². The summed E-state index contributed by atoms with van der Waals surface area (Å²) in [5.74, 6) is 0. The lowest BCUT2D eigenvalue weighted by atomic mass is 9.84. The fourth-order valence-electron chi connectivity index (χ4n) is 3.34. The zero-order valence-corrected chi connectivity index (χ0v) is 13.8. The van der Waals surface area contributed by atoms with Gasteiger partial charge in [-0.2, -0.15) is 0 Å². The second-order valence-electron chi connectivity index (χ2n) is 6.42. The number of likely N-dealkylation sites (tertiary alicyclic amines) is 1. The molecule has 1 aliphatic rings. The van der Waals surface area contributed by atoms with Crippen LogP contribution in [0, 0.1) is 0 Å². The zero-order valence-electron chi connectivity index (χ0n) is 13.1. The molecule has 0 aromatic heterocycles. The average molecular weight is 333 g/mol. The van der Waals surface area contributed by atoms with Crippen molar-refractivity contribution < 1.29 is 15.1 Å². The van der Waals surface area contributed by atoms with Crippen LogP contribution in [0.15, 0.2) is 54.6 Å². The first-order valence-electron chi connectivity index (χ1n) is 8.12. The Morgan fingerprint density at radius 3 is 2.22 bits per heavy atom. The molecule has 1 fully saturated rings. The Balaban J connectivity index is 1.59. The van der Waals surface area contributed by atoms with Gasteiger partial charge in [0.15, 0.2) is 0 Å². The van der Waals surface area contributed by atoms with E-state index in [1.165, 1.54) is 4.90 Å². The van der Waals surface area contributed by atoms with E-state index in [0.717, 1.165) is 24.2 Å². The number of piperidine rings is 1. The molecular formula is C19H23ClNO2+. The Kier molecular flexibility index (Phi) is 5.02. The van der Waals surface area contributed by atoms with Crippen molar-refractivity contribution in [3.8, 4) is 0 Å². The van der Waals surface area contributed by atoms with Gasteiger partial charge in [-0.15, -0.1) is 0 Å². The zero-order chi connectivity index (χ0) is 16.3. The maximum absolute atomic E-state index is 10.9. The van der Waals surface area contributed by atoms with Gasteiger partial charge in [-0.05, 0) is 23.3 Å². The molecule has 0 saturated carbocycles. The summed E-state index contributed by atoms with van der Waals surface area (Å²) >= 11 is 5.92. The Labute approximate surface area is 142 Å². The molecular weight excluding hydrogens is 310 g/mol. The highest BCUT2D eigenvalue weighted by Crippen LogP contribution is 2.30. The molecule has 3 N–H and O–H groups in total. The van der Waals surface area contributed by atoms with Gasteiger partial charge < -0.3 is 15.1 Å². The molecule has 3 nitrogen and oxygen atoms in total. The molecule has 0 radical (unpaired) electrons. The van der Waals surface area contributed by atoms with Gasteiger partial charge in [0.2, 0.25) is 0 Å². The summed E-state index contributed by atoms with van der Waals surface area (Å²) < 4.78 is 0. The van der Waals surface area contributed by atoms with Crippen LogP contribution in [0.1, 0.15) is 30.1 Å². The summed E-state index contributed by atoms with van der Waals surface area (Å²) in [6, 6.07) is 17.2. The second kappa shape index (κ2) is 7.02. The Bertz CT molecular complexity index is 622. The molecule has 0 bridgehead atoms. The van der Waals surface area contributed by atoms with Crippen LogP contribution in [0.2, 0.25) is 5.02 Å². The molecule has 3 rings (SSSR count). The molecule has 2 aromatic carbocycles. The number of rotatable bonds is 4. The number of hydrogen-bond donors (Lipinski definition) is 3. The van der Waals surface area contributed by atoms with E-state index in [2.05, 4.69) is 0 Å². The van der Waals surface area contributed by atoms with Crippen molar-refractivity contribution in [1.82, 2.24) is 0 Å². The molecule has 23 heavy (non-hydrogen) atoms. The van der Waals surface area contributed by atoms with Crippen LogP contribution in [-0.2, 0) is 5.60 Å². The molecule has 1 heterocycles. The third kappa shape index (κ3) is 3.93. The van der Waals surface area contributed by atoms with E-state index < -0.39 is 11.7 Å². The van der Waals surface area contributed by atoms with Gasteiger partial charge in [0.1, 0.15) is 18.2 Å². The average Bonchev–Trinajstić information content (AvgIpc) is 2.58.